The van der Waals surface area contributed by atoms with Gasteiger partial charge in [-0.15, -0.1) is 0 Å². The maximum atomic E-state index is 13.0. The first kappa shape index (κ1) is 12.4. The van der Waals surface area contributed by atoms with E-state index in [1.807, 2.05) is 10.8 Å². The Bertz CT molecular complexity index is 485. The Morgan fingerprint density at radius 3 is 3.06 bits per heavy atom. The average Bonchev–Trinajstić information content (AvgIpc) is 2.89. The maximum absolute atomic E-state index is 13.0. The Labute approximate surface area is 105 Å². The van der Waals surface area contributed by atoms with Crippen LogP contribution in [0.2, 0.25) is 0 Å². The molecule has 18 heavy (non-hydrogen) atoms. The van der Waals surface area contributed by atoms with Gasteiger partial charge in [-0.1, -0.05) is 0 Å². The van der Waals surface area contributed by atoms with Gasteiger partial charge in [-0.3, -0.25) is 0 Å². The highest BCUT2D eigenvalue weighted by molar-refractivity contribution is 5.56. The van der Waals surface area contributed by atoms with E-state index in [1.54, 1.807) is 18.6 Å². The molecule has 0 aliphatic carbocycles. The molecule has 2 aromatic rings. The highest BCUT2D eigenvalue weighted by Crippen LogP contribution is 2.24. The lowest BCUT2D eigenvalue weighted by Crippen LogP contribution is -2.06. The number of methoxy groups -OCH3 is 1. The van der Waals surface area contributed by atoms with Gasteiger partial charge in [0.25, 0.3) is 0 Å². The minimum absolute atomic E-state index is 0.296. The Hall–Kier alpha value is -2.04. The summed E-state index contributed by atoms with van der Waals surface area (Å²) in [5, 5.41) is 3.23. The molecule has 0 aliphatic rings. The number of anilines is 1. The van der Waals surface area contributed by atoms with Gasteiger partial charge in [0, 0.05) is 31.5 Å². The second-order valence-electron chi connectivity index (χ2n) is 3.93. The van der Waals surface area contributed by atoms with Gasteiger partial charge in [0.05, 0.1) is 19.1 Å². The summed E-state index contributed by atoms with van der Waals surface area (Å²) in [7, 11) is 1.53. The van der Waals surface area contributed by atoms with Gasteiger partial charge < -0.3 is 14.6 Å². The third-order valence-electron chi connectivity index (χ3n) is 2.63. The van der Waals surface area contributed by atoms with Gasteiger partial charge in [-0.25, -0.2) is 9.37 Å². The lowest BCUT2D eigenvalue weighted by Gasteiger charge is -2.11. The van der Waals surface area contributed by atoms with Crippen molar-refractivity contribution in [3.05, 3.63) is 42.7 Å². The predicted octanol–water partition coefficient (Wildman–Crippen LogP) is 2.53. The number of hydrogen-bond acceptors (Lipinski definition) is 3. The fraction of sp³-hybridized carbons (Fsp3) is 0.308. The number of ether oxygens (including phenoxy) is 1. The largest absolute Gasteiger partial charge is 0.494 e. The molecule has 0 radical (unpaired) electrons. The molecule has 0 saturated heterocycles. The molecule has 2 rings (SSSR count). The zero-order chi connectivity index (χ0) is 12.8. The second kappa shape index (κ2) is 6.05. The summed E-state index contributed by atoms with van der Waals surface area (Å²) in [6.07, 6.45) is 6.43. The van der Waals surface area contributed by atoms with Crippen LogP contribution in [0.15, 0.2) is 36.9 Å². The van der Waals surface area contributed by atoms with E-state index < -0.39 is 0 Å². The van der Waals surface area contributed by atoms with Gasteiger partial charge in [-0.05, 0) is 18.6 Å². The van der Waals surface area contributed by atoms with E-state index in [-0.39, 0.29) is 5.82 Å². The van der Waals surface area contributed by atoms with Crippen molar-refractivity contribution < 1.29 is 9.13 Å². The van der Waals surface area contributed by atoms with Crippen molar-refractivity contribution in [2.24, 2.45) is 0 Å². The molecule has 0 unspecified atom stereocenters. The minimum Gasteiger partial charge on any atom is -0.494 e. The average molecular weight is 249 g/mol. The highest BCUT2D eigenvalue weighted by Gasteiger charge is 2.03. The van der Waals surface area contributed by atoms with E-state index in [4.69, 9.17) is 4.74 Å². The SMILES string of the molecule is COc1cc(F)ccc1NCCCn1ccnc1. The summed E-state index contributed by atoms with van der Waals surface area (Å²) in [6, 6.07) is 4.48. The fourth-order valence-electron chi connectivity index (χ4n) is 1.71. The molecule has 5 heteroatoms. The summed E-state index contributed by atoms with van der Waals surface area (Å²) >= 11 is 0. The fourth-order valence-corrected chi connectivity index (χ4v) is 1.71. The number of hydrogen-bond donors (Lipinski definition) is 1. The number of imidazole rings is 1. The number of benzene rings is 1. The summed E-state index contributed by atoms with van der Waals surface area (Å²) in [5.74, 6) is 0.230. The molecule has 0 amide bonds. The van der Waals surface area contributed by atoms with E-state index in [0.717, 1.165) is 25.2 Å². The van der Waals surface area contributed by atoms with Crippen LogP contribution in [0.25, 0.3) is 0 Å². The topological polar surface area (TPSA) is 39.1 Å². The van der Waals surface area contributed by atoms with Crippen LogP contribution in [0.3, 0.4) is 0 Å². The molecule has 4 nitrogen and oxygen atoms in total. The monoisotopic (exact) mass is 249 g/mol. The van der Waals surface area contributed by atoms with Crippen LogP contribution in [0.5, 0.6) is 5.75 Å². The first-order valence-electron chi connectivity index (χ1n) is 5.83. The number of halogens is 1. The van der Waals surface area contributed by atoms with Crippen LogP contribution in [0.1, 0.15) is 6.42 Å². The van der Waals surface area contributed by atoms with Crippen molar-refractivity contribution in [2.45, 2.75) is 13.0 Å². The van der Waals surface area contributed by atoms with Crippen molar-refractivity contribution in [1.29, 1.82) is 0 Å². The van der Waals surface area contributed by atoms with Crippen LogP contribution < -0.4 is 10.1 Å². The van der Waals surface area contributed by atoms with Crippen molar-refractivity contribution in [3.63, 3.8) is 0 Å². The first-order chi connectivity index (χ1) is 8.79. The number of nitrogens with one attached hydrogen (secondary N) is 1. The van der Waals surface area contributed by atoms with Crippen LogP contribution in [-0.4, -0.2) is 23.2 Å². The molecule has 1 N–H and O–H groups in total. The zero-order valence-electron chi connectivity index (χ0n) is 10.3. The van der Waals surface area contributed by atoms with E-state index in [0.29, 0.717) is 5.75 Å². The first-order valence-corrected chi connectivity index (χ1v) is 5.83. The molecule has 0 spiro atoms. The molecule has 96 valence electrons. The third-order valence-corrected chi connectivity index (χ3v) is 2.63. The van der Waals surface area contributed by atoms with Gasteiger partial charge in [0.2, 0.25) is 0 Å². The lowest BCUT2D eigenvalue weighted by molar-refractivity contribution is 0.413. The van der Waals surface area contributed by atoms with Crippen molar-refractivity contribution in [3.8, 4) is 5.75 Å². The van der Waals surface area contributed by atoms with Crippen LogP contribution in [-0.2, 0) is 6.54 Å². The smallest absolute Gasteiger partial charge is 0.144 e. The van der Waals surface area contributed by atoms with Crippen LogP contribution in [0, 0.1) is 5.82 Å². The molecular weight excluding hydrogens is 233 g/mol. The number of rotatable bonds is 6. The quantitative estimate of drug-likeness (QED) is 0.800. The molecule has 1 heterocycles. The number of nitrogens with zero attached hydrogens (tertiary/aromatic N) is 2. The number of aryl methyl sites for hydroxylation is 1. The molecular formula is C13H16FN3O. The summed E-state index contributed by atoms with van der Waals surface area (Å²) in [4.78, 5) is 3.98. The van der Waals surface area contributed by atoms with Crippen LogP contribution >= 0.6 is 0 Å². The normalized spacial score (nSPS) is 10.3. The number of aromatic nitrogens is 2. The zero-order valence-corrected chi connectivity index (χ0v) is 10.3. The van der Waals surface area contributed by atoms with E-state index in [9.17, 15) is 4.39 Å². The molecule has 1 aromatic carbocycles. The van der Waals surface area contributed by atoms with E-state index >= 15 is 0 Å². The predicted molar refractivity (Wildman–Crippen MR) is 68.3 cm³/mol. The third kappa shape index (κ3) is 3.23. The van der Waals surface area contributed by atoms with Crippen molar-refractivity contribution in [2.75, 3.05) is 19.0 Å². The molecule has 0 saturated carbocycles. The Morgan fingerprint density at radius 1 is 1.44 bits per heavy atom. The van der Waals surface area contributed by atoms with Gasteiger partial charge in [0.15, 0.2) is 0 Å². The van der Waals surface area contributed by atoms with Gasteiger partial charge >= 0.3 is 0 Å². The summed E-state index contributed by atoms with van der Waals surface area (Å²) in [6.45, 7) is 1.69. The van der Waals surface area contributed by atoms with Crippen molar-refractivity contribution >= 4 is 5.69 Å². The van der Waals surface area contributed by atoms with E-state index in [2.05, 4.69) is 10.3 Å². The second-order valence-corrected chi connectivity index (χ2v) is 3.93. The van der Waals surface area contributed by atoms with Gasteiger partial charge in [0.1, 0.15) is 11.6 Å². The summed E-state index contributed by atoms with van der Waals surface area (Å²) < 4.78 is 20.1. The molecule has 1 aromatic heterocycles. The minimum atomic E-state index is -0.296. The Kier molecular flexibility index (Phi) is 4.17. The summed E-state index contributed by atoms with van der Waals surface area (Å²) in [5.41, 5.74) is 0.810. The van der Waals surface area contributed by atoms with E-state index in [1.165, 1.54) is 19.2 Å². The standard InChI is InChI=1S/C13H16FN3O/c1-18-13-9-11(14)3-4-12(13)16-5-2-7-17-8-6-15-10-17/h3-4,6,8-10,16H,2,5,7H2,1H3. The molecule has 0 bridgehead atoms. The maximum Gasteiger partial charge on any atom is 0.144 e. The van der Waals surface area contributed by atoms with Crippen LogP contribution in [0.4, 0.5) is 10.1 Å². The Morgan fingerprint density at radius 2 is 2.33 bits per heavy atom. The molecule has 0 fully saturated rings. The van der Waals surface area contributed by atoms with Gasteiger partial charge in [-0.2, -0.15) is 0 Å². The van der Waals surface area contributed by atoms with Crippen molar-refractivity contribution in [1.82, 2.24) is 9.55 Å². The molecule has 0 atom stereocenters. The molecule has 0 aliphatic heterocycles. The Balaban J connectivity index is 1.83. The highest BCUT2D eigenvalue weighted by atomic mass is 19.1. The lowest BCUT2D eigenvalue weighted by atomic mass is 10.2.